The van der Waals surface area contributed by atoms with E-state index in [1.54, 1.807) is 25.2 Å². The number of nitrogens with zero attached hydrogens (tertiary/aromatic N) is 1. The summed E-state index contributed by atoms with van der Waals surface area (Å²) in [6, 6.07) is 6.40. The van der Waals surface area contributed by atoms with Gasteiger partial charge in [0.1, 0.15) is 10.7 Å². The molecule has 2 N–H and O–H groups in total. The van der Waals surface area contributed by atoms with Crippen molar-refractivity contribution in [2.24, 2.45) is 0 Å². The van der Waals surface area contributed by atoms with Crippen molar-refractivity contribution in [3.05, 3.63) is 46.1 Å². The summed E-state index contributed by atoms with van der Waals surface area (Å²) in [4.78, 5) is 3.91. The first kappa shape index (κ1) is 15.9. The first-order valence-electron chi connectivity index (χ1n) is 5.96. The summed E-state index contributed by atoms with van der Waals surface area (Å²) in [6.45, 7) is 1.84. The maximum Gasteiger partial charge on any atom is 0.263 e. The Kier molecular flexibility index (Phi) is 4.61. The van der Waals surface area contributed by atoms with Crippen molar-refractivity contribution >= 4 is 44.7 Å². The Labute approximate surface area is 133 Å². The number of hydrogen-bond acceptors (Lipinski definition) is 4. The van der Waals surface area contributed by atoms with Crippen molar-refractivity contribution in [3.8, 4) is 0 Å². The molecule has 8 heteroatoms. The van der Waals surface area contributed by atoms with Gasteiger partial charge in [-0.15, -0.1) is 0 Å². The molecule has 0 atom stereocenters. The predicted molar refractivity (Wildman–Crippen MR) is 85.8 cm³/mol. The standard InChI is InChI=1S/C13H13Cl2N3O2S/c1-8-3-4-10(14)12(5-8)18-21(19,20)9-6-11(15)13(16-2)17-7-9/h3-7,18H,1-2H3,(H,16,17). The number of hydrogen-bond donors (Lipinski definition) is 2. The van der Waals surface area contributed by atoms with Crippen LogP contribution >= 0.6 is 23.2 Å². The zero-order chi connectivity index (χ0) is 15.6. The minimum atomic E-state index is -3.81. The molecule has 0 saturated carbocycles. The van der Waals surface area contributed by atoms with Crippen LogP contribution in [-0.2, 0) is 10.0 Å². The van der Waals surface area contributed by atoms with Gasteiger partial charge in [-0.2, -0.15) is 0 Å². The molecule has 5 nitrogen and oxygen atoms in total. The fourth-order valence-electron chi connectivity index (χ4n) is 1.67. The SMILES string of the molecule is CNc1ncc(S(=O)(=O)Nc2cc(C)ccc2Cl)cc1Cl. The number of halogens is 2. The maximum atomic E-state index is 12.3. The van der Waals surface area contributed by atoms with E-state index in [4.69, 9.17) is 23.2 Å². The van der Waals surface area contributed by atoms with Crippen molar-refractivity contribution in [2.45, 2.75) is 11.8 Å². The number of pyridine rings is 1. The third kappa shape index (κ3) is 3.58. The molecular formula is C13H13Cl2N3O2S. The molecule has 0 amide bonds. The van der Waals surface area contributed by atoms with Crippen LogP contribution in [0.5, 0.6) is 0 Å². The average molecular weight is 346 g/mol. The van der Waals surface area contributed by atoms with Gasteiger partial charge < -0.3 is 5.32 Å². The lowest BCUT2D eigenvalue weighted by molar-refractivity contribution is 0.601. The second kappa shape index (κ2) is 6.09. The number of nitrogens with one attached hydrogen (secondary N) is 2. The van der Waals surface area contributed by atoms with Crippen LogP contribution in [0.3, 0.4) is 0 Å². The van der Waals surface area contributed by atoms with Crippen LogP contribution in [0.15, 0.2) is 35.4 Å². The lowest BCUT2D eigenvalue weighted by Crippen LogP contribution is -2.14. The Bertz CT molecular complexity index is 779. The Morgan fingerprint density at radius 1 is 1.14 bits per heavy atom. The van der Waals surface area contributed by atoms with Gasteiger partial charge in [0.2, 0.25) is 0 Å². The highest BCUT2D eigenvalue weighted by Gasteiger charge is 2.18. The summed E-state index contributed by atoms with van der Waals surface area (Å²) in [5.74, 6) is 0.407. The molecule has 1 aromatic heterocycles. The second-order valence-electron chi connectivity index (χ2n) is 4.34. The van der Waals surface area contributed by atoms with Crippen LogP contribution in [-0.4, -0.2) is 20.4 Å². The molecule has 112 valence electrons. The highest BCUT2D eigenvalue weighted by Crippen LogP contribution is 2.27. The van der Waals surface area contributed by atoms with Crippen molar-refractivity contribution in [1.82, 2.24) is 4.98 Å². The van der Waals surface area contributed by atoms with Gasteiger partial charge in [0.25, 0.3) is 10.0 Å². The quantitative estimate of drug-likeness (QED) is 0.888. The van der Waals surface area contributed by atoms with Gasteiger partial charge >= 0.3 is 0 Å². The fourth-order valence-corrected chi connectivity index (χ4v) is 3.26. The summed E-state index contributed by atoms with van der Waals surface area (Å²) in [6.07, 6.45) is 1.23. The Morgan fingerprint density at radius 3 is 2.48 bits per heavy atom. The normalized spacial score (nSPS) is 11.2. The minimum Gasteiger partial charge on any atom is -0.372 e. The molecular weight excluding hydrogens is 333 g/mol. The molecule has 0 saturated heterocycles. The number of aryl methyl sites for hydroxylation is 1. The highest BCUT2D eigenvalue weighted by atomic mass is 35.5. The van der Waals surface area contributed by atoms with Gasteiger partial charge in [0.15, 0.2) is 0 Å². The van der Waals surface area contributed by atoms with Crippen LogP contribution in [0.4, 0.5) is 11.5 Å². The topological polar surface area (TPSA) is 71.1 Å². The Balaban J connectivity index is 2.38. The van der Waals surface area contributed by atoms with Crippen molar-refractivity contribution in [3.63, 3.8) is 0 Å². The van der Waals surface area contributed by atoms with Crippen LogP contribution in [0, 0.1) is 6.92 Å². The molecule has 0 unspecified atom stereocenters. The fraction of sp³-hybridized carbons (Fsp3) is 0.154. The largest absolute Gasteiger partial charge is 0.372 e. The molecule has 2 rings (SSSR count). The summed E-state index contributed by atoms with van der Waals surface area (Å²) in [7, 11) is -2.16. The summed E-state index contributed by atoms with van der Waals surface area (Å²) >= 11 is 11.9. The van der Waals surface area contributed by atoms with Gasteiger partial charge in [-0.25, -0.2) is 13.4 Å². The zero-order valence-corrected chi connectivity index (χ0v) is 13.6. The van der Waals surface area contributed by atoms with E-state index in [1.165, 1.54) is 12.3 Å². The van der Waals surface area contributed by atoms with E-state index in [-0.39, 0.29) is 9.92 Å². The molecule has 0 spiro atoms. The van der Waals surface area contributed by atoms with Gasteiger partial charge in [-0.05, 0) is 30.7 Å². The Hall–Kier alpha value is -1.50. The van der Waals surface area contributed by atoms with Gasteiger partial charge in [-0.3, -0.25) is 4.72 Å². The average Bonchev–Trinajstić information content (AvgIpc) is 2.42. The van der Waals surface area contributed by atoms with E-state index in [0.717, 1.165) is 5.56 Å². The molecule has 21 heavy (non-hydrogen) atoms. The van der Waals surface area contributed by atoms with E-state index >= 15 is 0 Å². The lowest BCUT2D eigenvalue weighted by Gasteiger charge is -2.11. The molecule has 1 aromatic carbocycles. The van der Waals surface area contributed by atoms with Gasteiger partial charge in [0, 0.05) is 13.2 Å². The second-order valence-corrected chi connectivity index (χ2v) is 6.84. The number of anilines is 2. The summed E-state index contributed by atoms with van der Waals surface area (Å²) in [5.41, 5.74) is 1.20. The van der Waals surface area contributed by atoms with Crippen LogP contribution in [0.1, 0.15) is 5.56 Å². The van der Waals surface area contributed by atoms with Crippen molar-refractivity contribution in [2.75, 3.05) is 17.1 Å². The minimum absolute atomic E-state index is 0.0379. The van der Waals surface area contributed by atoms with Crippen LogP contribution in [0.2, 0.25) is 10.0 Å². The molecule has 0 aliphatic rings. The predicted octanol–water partition coefficient (Wildman–Crippen LogP) is 3.54. The zero-order valence-electron chi connectivity index (χ0n) is 11.3. The van der Waals surface area contributed by atoms with Gasteiger partial charge in [-0.1, -0.05) is 29.3 Å². The van der Waals surface area contributed by atoms with Crippen LogP contribution in [0.25, 0.3) is 0 Å². The van der Waals surface area contributed by atoms with E-state index in [2.05, 4.69) is 15.0 Å². The first-order valence-corrected chi connectivity index (χ1v) is 8.19. The molecule has 2 aromatic rings. The summed E-state index contributed by atoms with van der Waals surface area (Å²) < 4.78 is 27.1. The third-order valence-corrected chi connectivity index (χ3v) is 4.68. The first-order chi connectivity index (χ1) is 9.83. The molecule has 0 aliphatic carbocycles. The number of rotatable bonds is 4. The molecule has 0 fully saturated rings. The van der Waals surface area contributed by atoms with Crippen molar-refractivity contribution in [1.29, 1.82) is 0 Å². The molecule has 0 radical (unpaired) electrons. The number of aromatic nitrogens is 1. The third-order valence-electron chi connectivity index (χ3n) is 2.73. The smallest absolute Gasteiger partial charge is 0.263 e. The van der Waals surface area contributed by atoms with Crippen LogP contribution < -0.4 is 10.0 Å². The number of sulfonamides is 1. The molecule has 0 bridgehead atoms. The number of benzene rings is 1. The Morgan fingerprint density at radius 2 is 1.86 bits per heavy atom. The van der Waals surface area contributed by atoms with Crippen molar-refractivity contribution < 1.29 is 8.42 Å². The van der Waals surface area contributed by atoms with E-state index < -0.39 is 10.0 Å². The van der Waals surface area contributed by atoms with E-state index in [0.29, 0.717) is 16.5 Å². The molecule has 0 aliphatic heterocycles. The van der Waals surface area contributed by atoms with E-state index in [1.807, 2.05) is 6.92 Å². The monoisotopic (exact) mass is 345 g/mol. The summed E-state index contributed by atoms with van der Waals surface area (Å²) in [5, 5.41) is 3.29. The molecule has 1 heterocycles. The van der Waals surface area contributed by atoms with Gasteiger partial charge in [0.05, 0.1) is 15.7 Å². The van der Waals surface area contributed by atoms with E-state index in [9.17, 15) is 8.42 Å². The maximum absolute atomic E-state index is 12.3. The lowest BCUT2D eigenvalue weighted by atomic mass is 10.2. The highest BCUT2D eigenvalue weighted by molar-refractivity contribution is 7.92.